The lowest BCUT2D eigenvalue weighted by atomic mass is 10.1. The van der Waals surface area contributed by atoms with Gasteiger partial charge >= 0.3 is 0 Å². The molecule has 2 aromatic rings. The highest BCUT2D eigenvalue weighted by molar-refractivity contribution is 6.30. The number of nitrogen functional groups attached to an aromatic ring is 2. The van der Waals surface area contributed by atoms with Crippen molar-refractivity contribution in [3.05, 3.63) is 47.0 Å². The van der Waals surface area contributed by atoms with Gasteiger partial charge in [-0.15, -0.1) is 5.11 Å². The normalized spacial score (nSPS) is 11.0. The van der Waals surface area contributed by atoms with Crippen LogP contribution in [0.4, 0.5) is 22.7 Å². The highest BCUT2D eigenvalue weighted by Gasteiger charge is 2.01. The summed E-state index contributed by atoms with van der Waals surface area (Å²) in [5.74, 6) is 0. The lowest BCUT2D eigenvalue weighted by molar-refractivity contribution is 1.23. The summed E-state index contributed by atoms with van der Waals surface area (Å²) in [7, 11) is 0. The molecular weight excluding hydrogens is 248 g/mol. The van der Waals surface area contributed by atoms with Crippen molar-refractivity contribution in [2.24, 2.45) is 10.2 Å². The van der Waals surface area contributed by atoms with Gasteiger partial charge in [-0.2, -0.15) is 5.11 Å². The van der Waals surface area contributed by atoms with Gasteiger partial charge in [0.2, 0.25) is 0 Å². The zero-order chi connectivity index (χ0) is 13.1. The molecule has 0 atom stereocenters. The van der Waals surface area contributed by atoms with Gasteiger partial charge in [0.15, 0.2) is 0 Å². The molecule has 2 aromatic carbocycles. The van der Waals surface area contributed by atoms with Gasteiger partial charge in [-0.1, -0.05) is 11.6 Å². The Bertz CT molecular complexity index is 591. The molecule has 5 heteroatoms. The zero-order valence-corrected chi connectivity index (χ0v) is 10.6. The van der Waals surface area contributed by atoms with Gasteiger partial charge in [0.1, 0.15) is 5.69 Å². The number of hydrogen-bond acceptors (Lipinski definition) is 4. The lowest BCUT2D eigenvalue weighted by Crippen LogP contribution is -1.93. The van der Waals surface area contributed by atoms with Crippen molar-refractivity contribution < 1.29 is 0 Å². The predicted octanol–water partition coefficient (Wildman–Crippen LogP) is 4.23. The minimum atomic E-state index is 0.510. The number of rotatable bonds is 2. The Balaban J connectivity index is 2.28. The molecule has 0 fully saturated rings. The van der Waals surface area contributed by atoms with Gasteiger partial charge in [0, 0.05) is 10.7 Å². The van der Waals surface area contributed by atoms with Crippen LogP contribution < -0.4 is 11.5 Å². The molecule has 0 unspecified atom stereocenters. The molecule has 0 spiro atoms. The monoisotopic (exact) mass is 260 g/mol. The minimum absolute atomic E-state index is 0.510. The van der Waals surface area contributed by atoms with E-state index in [0.717, 1.165) is 5.56 Å². The third-order valence-corrected chi connectivity index (χ3v) is 2.77. The van der Waals surface area contributed by atoms with Crippen LogP contribution in [0.2, 0.25) is 5.02 Å². The molecule has 92 valence electrons. The first-order chi connectivity index (χ1) is 8.56. The first kappa shape index (κ1) is 12.4. The van der Waals surface area contributed by atoms with E-state index in [1.807, 2.05) is 13.0 Å². The average Bonchev–Trinajstić information content (AvgIpc) is 2.34. The Kier molecular flexibility index (Phi) is 3.48. The number of azo groups is 1. The van der Waals surface area contributed by atoms with E-state index >= 15 is 0 Å². The maximum atomic E-state index is 5.82. The van der Waals surface area contributed by atoms with Crippen LogP contribution in [-0.4, -0.2) is 0 Å². The third kappa shape index (κ3) is 2.78. The van der Waals surface area contributed by atoms with E-state index in [1.54, 1.807) is 30.3 Å². The largest absolute Gasteiger partial charge is 0.398 e. The molecule has 0 aliphatic carbocycles. The van der Waals surface area contributed by atoms with Crippen LogP contribution in [0.25, 0.3) is 0 Å². The van der Waals surface area contributed by atoms with Gasteiger partial charge in [-0.3, -0.25) is 0 Å². The van der Waals surface area contributed by atoms with Gasteiger partial charge in [-0.05, 0) is 48.9 Å². The molecule has 18 heavy (non-hydrogen) atoms. The Hall–Kier alpha value is -2.07. The van der Waals surface area contributed by atoms with E-state index in [9.17, 15) is 0 Å². The number of anilines is 2. The maximum Gasteiger partial charge on any atom is 0.109 e. The van der Waals surface area contributed by atoms with Crippen molar-refractivity contribution in [2.45, 2.75) is 6.92 Å². The van der Waals surface area contributed by atoms with Gasteiger partial charge in [-0.25, -0.2) is 0 Å². The fraction of sp³-hybridized carbons (Fsp3) is 0.0769. The van der Waals surface area contributed by atoms with Crippen LogP contribution in [0.1, 0.15) is 5.56 Å². The summed E-state index contributed by atoms with van der Waals surface area (Å²) >= 11 is 5.79. The molecule has 0 saturated carbocycles. The number of aryl methyl sites for hydroxylation is 1. The van der Waals surface area contributed by atoms with Gasteiger partial charge in [0.25, 0.3) is 0 Å². The van der Waals surface area contributed by atoms with Crippen molar-refractivity contribution in [1.29, 1.82) is 0 Å². The number of benzene rings is 2. The van der Waals surface area contributed by atoms with E-state index in [-0.39, 0.29) is 0 Å². The van der Waals surface area contributed by atoms with Gasteiger partial charge < -0.3 is 11.5 Å². The standard InChI is InChI=1S/C13H13ClN4/c1-8-6-13(12(16)7-11(8)15)18-17-10-4-2-9(14)3-5-10/h2-7H,15-16H2,1H3/b18-17+. The molecule has 0 amide bonds. The zero-order valence-electron chi connectivity index (χ0n) is 9.89. The summed E-state index contributed by atoms with van der Waals surface area (Å²) in [5.41, 5.74) is 15.0. The molecule has 0 aliphatic rings. The van der Waals surface area contributed by atoms with Crippen LogP contribution in [0.3, 0.4) is 0 Å². The van der Waals surface area contributed by atoms with Crippen LogP contribution in [0, 0.1) is 6.92 Å². The fourth-order valence-electron chi connectivity index (χ4n) is 1.43. The first-order valence-corrected chi connectivity index (χ1v) is 5.77. The molecule has 0 saturated heterocycles. The summed E-state index contributed by atoms with van der Waals surface area (Å²) in [4.78, 5) is 0. The molecule has 0 radical (unpaired) electrons. The second-order valence-corrected chi connectivity index (χ2v) is 4.38. The van der Waals surface area contributed by atoms with E-state index in [0.29, 0.717) is 27.8 Å². The number of halogens is 1. The van der Waals surface area contributed by atoms with Crippen LogP contribution in [0.5, 0.6) is 0 Å². The van der Waals surface area contributed by atoms with Crippen molar-refractivity contribution in [3.8, 4) is 0 Å². The fourth-order valence-corrected chi connectivity index (χ4v) is 1.56. The van der Waals surface area contributed by atoms with E-state index in [4.69, 9.17) is 23.1 Å². The highest BCUT2D eigenvalue weighted by atomic mass is 35.5. The van der Waals surface area contributed by atoms with Crippen LogP contribution >= 0.6 is 11.6 Å². The number of hydrogen-bond donors (Lipinski definition) is 2. The van der Waals surface area contributed by atoms with E-state index in [1.165, 1.54) is 0 Å². The molecular formula is C13H13ClN4. The van der Waals surface area contributed by atoms with Crippen molar-refractivity contribution in [1.82, 2.24) is 0 Å². The summed E-state index contributed by atoms with van der Waals surface area (Å²) < 4.78 is 0. The molecule has 4 N–H and O–H groups in total. The number of nitrogens with zero attached hydrogens (tertiary/aromatic N) is 2. The summed E-state index contributed by atoms with van der Waals surface area (Å²) in [6.07, 6.45) is 0. The second-order valence-electron chi connectivity index (χ2n) is 3.94. The Morgan fingerprint density at radius 1 is 0.944 bits per heavy atom. The summed E-state index contributed by atoms with van der Waals surface area (Å²) in [5, 5.41) is 8.87. The Labute approximate surface area is 110 Å². The lowest BCUT2D eigenvalue weighted by Gasteiger charge is -2.04. The van der Waals surface area contributed by atoms with Crippen molar-refractivity contribution >= 4 is 34.4 Å². The summed E-state index contributed by atoms with van der Waals surface area (Å²) in [6, 6.07) is 10.6. The molecule has 0 bridgehead atoms. The molecule has 0 heterocycles. The Morgan fingerprint density at radius 2 is 1.61 bits per heavy atom. The average molecular weight is 261 g/mol. The maximum absolute atomic E-state index is 5.82. The van der Waals surface area contributed by atoms with Crippen molar-refractivity contribution in [3.63, 3.8) is 0 Å². The topological polar surface area (TPSA) is 76.8 Å². The second kappa shape index (κ2) is 5.06. The SMILES string of the molecule is Cc1cc(/N=N/c2ccc(Cl)cc2)c(N)cc1N. The first-order valence-electron chi connectivity index (χ1n) is 5.39. The van der Waals surface area contributed by atoms with E-state index in [2.05, 4.69) is 10.2 Å². The highest BCUT2D eigenvalue weighted by Crippen LogP contribution is 2.29. The molecule has 2 rings (SSSR count). The Morgan fingerprint density at radius 3 is 2.28 bits per heavy atom. The molecule has 0 aromatic heterocycles. The quantitative estimate of drug-likeness (QED) is 0.626. The van der Waals surface area contributed by atoms with Crippen LogP contribution in [-0.2, 0) is 0 Å². The third-order valence-electron chi connectivity index (χ3n) is 2.52. The minimum Gasteiger partial charge on any atom is -0.398 e. The van der Waals surface area contributed by atoms with Crippen molar-refractivity contribution in [2.75, 3.05) is 11.5 Å². The van der Waals surface area contributed by atoms with E-state index < -0.39 is 0 Å². The smallest absolute Gasteiger partial charge is 0.109 e. The molecule has 4 nitrogen and oxygen atoms in total. The summed E-state index contributed by atoms with van der Waals surface area (Å²) in [6.45, 7) is 1.90. The van der Waals surface area contributed by atoms with Gasteiger partial charge in [0.05, 0.1) is 11.4 Å². The predicted molar refractivity (Wildman–Crippen MR) is 75.6 cm³/mol. The molecule has 0 aliphatic heterocycles. The number of nitrogens with two attached hydrogens (primary N) is 2. The van der Waals surface area contributed by atoms with Crippen LogP contribution in [0.15, 0.2) is 46.6 Å².